The Hall–Kier alpha value is -1.62. The van der Waals surface area contributed by atoms with Gasteiger partial charge in [0.25, 0.3) is 0 Å². The Balaban J connectivity index is 2.07. The summed E-state index contributed by atoms with van der Waals surface area (Å²) in [6, 6.07) is 3.83. The van der Waals surface area contributed by atoms with E-state index in [9.17, 15) is 4.79 Å². The van der Waals surface area contributed by atoms with Crippen LogP contribution in [0.4, 0.5) is 11.5 Å². The van der Waals surface area contributed by atoms with Crippen LogP contribution in [-0.4, -0.2) is 38.1 Å². The molecule has 2 N–H and O–H groups in total. The molecule has 5 heteroatoms. The van der Waals surface area contributed by atoms with E-state index < -0.39 is 0 Å². The molecule has 1 atom stereocenters. The normalized spacial score (nSPS) is 21.9. The van der Waals surface area contributed by atoms with E-state index in [1.54, 1.807) is 6.20 Å². The van der Waals surface area contributed by atoms with Crippen LogP contribution in [0.5, 0.6) is 0 Å². The van der Waals surface area contributed by atoms with Crippen molar-refractivity contribution in [1.29, 1.82) is 0 Å². The van der Waals surface area contributed by atoms with E-state index >= 15 is 0 Å². The first kappa shape index (κ1) is 15.8. The Bertz CT molecular complexity index is 458. The smallest absolute Gasteiger partial charge is 0.231 e. The summed E-state index contributed by atoms with van der Waals surface area (Å²) in [5.74, 6) is 1.01. The Labute approximate surface area is 127 Å². The minimum Gasteiger partial charge on any atom is -0.363 e. The standard InChI is InChI=1S/C16H26N4O/c1-4-8-16(9-5-10-17-12-16)15(21)19-13-6-7-14(18-11-13)20(2)3/h6-7,11,17H,4-5,8-10,12H2,1-3H3,(H,19,21). The van der Waals surface area contributed by atoms with Crippen LogP contribution in [-0.2, 0) is 4.79 Å². The fourth-order valence-electron chi connectivity index (χ4n) is 2.96. The van der Waals surface area contributed by atoms with Crippen molar-refractivity contribution >= 4 is 17.4 Å². The van der Waals surface area contributed by atoms with Crippen molar-refractivity contribution < 1.29 is 4.79 Å². The molecular weight excluding hydrogens is 264 g/mol. The second-order valence-corrected chi connectivity index (χ2v) is 6.06. The summed E-state index contributed by atoms with van der Waals surface area (Å²) in [6.07, 6.45) is 5.69. The molecular formula is C16H26N4O. The maximum atomic E-state index is 12.7. The number of nitrogens with zero attached hydrogens (tertiary/aromatic N) is 2. The van der Waals surface area contributed by atoms with Crippen LogP contribution in [0.2, 0.25) is 0 Å². The predicted molar refractivity (Wildman–Crippen MR) is 86.6 cm³/mol. The van der Waals surface area contributed by atoms with Gasteiger partial charge < -0.3 is 15.5 Å². The van der Waals surface area contributed by atoms with Crippen molar-refractivity contribution in [1.82, 2.24) is 10.3 Å². The molecule has 1 fully saturated rings. The van der Waals surface area contributed by atoms with E-state index in [1.807, 2.05) is 31.1 Å². The number of nitrogens with one attached hydrogen (secondary N) is 2. The largest absolute Gasteiger partial charge is 0.363 e. The predicted octanol–water partition coefficient (Wildman–Crippen LogP) is 2.26. The molecule has 5 nitrogen and oxygen atoms in total. The fourth-order valence-corrected chi connectivity index (χ4v) is 2.96. The molecule has 1 aromatic heterocycles. The monoisotopic (exact) mass is 290 g/mol. The number of hydrogen-bond acceptors (Lipinski definition) is 4. The lowest BCUT2D eigenvalue weighted by Crippen LogP contribution is -2.48. The average Bonchev–Trinajstić information content (AvgIpc) is 2.49. The van der Waals surface area contributed by atoms with Gasteiger partial charge in [-0.1, -0.05) is 13.3 Å². The highest BCUT2D eigenvalue weighted by Crippen LogP contribution is 2.33. The molecule has 0 spiro atoms. The van der Waals surface area contributed by atoms with Crippen LogP contribution in [0.15, 0.2) is 18.3 Å². The molecule has 0 radical (unpaired) electrons. The molecule has 21 heavy (non-hydrogen) atoms. The third-order valence-corrected chi connectivity index (χ3v) is 4.15. The first-order chi connectivity index (χ1) is 10.1. The Morgan fingerprint density at radius 2 is 2.29 bits per heavy atom. The lowest BCUT2D eigenvalue weighted by molar-refractivity contribution is -0.127. The molecule has 0 aromatic carbocycles. The molecule has 1 unspecified atom stereocenters. The molecule has 116 valence electrons. The van der Waals surface area contributed by atoms with Crippen LogP contribution in [0.3, 0.4) is 0 Å². The molecule has 0 aliphatic carbocycles. The Kier molecular flexibility index (Phi) is 5.17. The zero-order valence-corrected chi connectivity index (χ0v) is 13.3. The van der Waals surface area contributed by atoms with E-state index in [-0.39, 0.29) is 11.3 Å². The van der Waals surface area contributed by atoms with Crippen molar-refractivity contribution in [3.05, 3.63) is 18.3 Å². The number of aromatic nitrogens is 1. The minimum atomic E-state index is -0.271. The number of rotatable bonds is 5. The van der Waals surface area contributed by atoms with Gasteiger partial charge in [-0.15, -0.1) is 0 Å². The SMILES string of the molecule is CCCC1(C(=O)Nc2ccc(N(C)C)nc2)CCCNC1. The van der Waals surface area contributed by atoms with Gasteiger partial charge in [0.15, 0.2) is 0 Å². The Morgan fingerprint density at radius 1 is 1.48 bits per heavy atom. The summed E-state index contributed by atoms with van der Waals surface area (Å²) < 4.78 is 0. The van der Waals surface area contributed by atoms with E-state index in [0.717, 1.165) is 50.3 Å². The first-order valence-corrected chi connectivity index (χ1v) is 7.73. The topological polar surface area (TPSA) is 57.3 Å². The molecule has 1 aliphatic rings. The second kappa shape index (κ2) is 6.89. The number of piperidine rings is 1. The molecule has 2 rings (SSSR count). The quantitative estimate of drug-likeness (QED) is 0.873. The van der Waals surface area contributed by atoms with Gasteiger partial charge in [0, 0.05) is 20.6 Å². The summed E-state index contributed by atoms with van der Waals surface area (Å²) in [5, 5.41) is 6.41. The third-order valence-electron chi connectivity index (χ3n) is 4.15. The van der Waals surface area contributed by atoms with Crippen LogP contribution >= 0.6 is 0 Å². The summed E-state index contributed by atoms with van der Waals surface area (Å²) in [4.78, 5) is 19.0. The molecule has 0 saturated carbocycles. The number of amides is 1. The van der Waals surface area contributed by atoms with Crippen LogP contribution in [0.1, 0.15) is 32.6 Å². The highest BCUT2D eigenvalue weighted by molar-refractivity contribution is 5.95. The summed E-state index contributed by atoms with van der Waals surface area (Å²) in [7, 11) is 3.90. The number of anilines is 2. The Morgan fingerprint density at radius 3 is 2.81 bits per heavy atom. The van der Waals surface area contributed by atoms with Crippen molar-refractivity contribution in [3.63, 3.8) is 0 Å². The van der Waals surface area contributed by atoms with E-state index in [1.165, 1.54) is 0 Å². The van der Waals surface area contributed by atoms with E-state index in [4.69, 9.17) is 0 Å². The van der Waals surface area contributed by atoms with E-state index in [2.05, 4.69) is 22.5 Å². The number of pyridine rings is 1. The molecule has 1 aliphatic heterocycles. The minimum absolute atomic E-state index is 0.121. The second-order valence-electron chi connectivity index (χ2n) is 6.06. The summed E-state index contributed by atoms with van der Waals surface area (Å²) >= 11 is 0. The van der Waals surface area contributed by atoms with Crippen LogP contribution < -0.4 is 15.5 Å². The lowest BCUT2D eigenvalue weighted by Gasteiger charge is -2.36. The van der Waals surface area contributed by atoms with Gasteiger partial charge in [0.05, 0.1) is 17.3 Å². The number of carbonyl (C=O) groups is 1. The summed E-state index contributed by atoms with van der Waals surface area (Å²) in [6.45, 7) is 3.92. The lowest BCUT2D eigenvalue weighted by atomic mass is 9.76. The molecule has 1 aromatic rings. The fraction of sp³-hybridized carbons (Fsp3) is 0.625. The zero-order chi connectivity index (χ0) is 15.3. The van der Waals surface area contributed by atoms with Crippen LogP contribution in [0, 0.1) is 5.41 Å². The number of carbonyl (C=O) groups excluding carboxylic acids is 1. The molecule has 1 amide bonds. The van der Waals surface area contributed by atoms with Crippen molar-refractivity contribution in [3.8, 4) is 0 Å². The number of hydrogen-bond donors (Lipinski definition) is 2. The van der Waals surface area contributed by atoms with Gasteiger partial charge in [-0.3, -0.25) is 4.79 Å². The maximum Gasteiger partial charge on any atom is 0.231 e. The van der Waals surface area contributed by atoms with Gasteiger partial charge in [-0.2, -0.15) is 0 Å². The first-order valence-electron chi connectivity index (χ1n) is 7.73. The maximum absolute atomic E-state index is 12.7. The van der Waals surface area contributed by atoms with E-state index in [0.29, 0.717) is 0 Å². The third kappa shape index (κ3) is 3.73. The zero-order valence-electron chi connectivity index (χ0n) is 13.3. The average molecular weight is 290 g/mol. The molecule has 0 bridgehead atoms. The molecule has 2 heterocycles. The van der Waals surface area contributed by atoms with Gasteiger partial charge >= 0.3 is 0 Å². The summed E-state index contributed by atoms with van der Waals surface area (Å²) in [5.41, 5.74) is 0.499. The van der Waals surface area contributed by atoms with Crippen LogP contribution in [0.25, 0.3) is 0 Å². The highest BCUT2D eigenvalue weighted by atomic mass is 16.2. The van der Waals surface area contributed by atoms with Crippen molar-refractivity contribution in [2.45, 2.75) is 32.6 Å². The van der Waals surface area contributed by atoms with Crippen molar-refractivity contribution in [2.75, 3.05) is 37.4 Å². The van der Waals surface area contributed by atoms with Gasteiger partial charge in [-0.05, 0) is 37.9 Å². The van der Waals surface area contributed by atoms with Gasteiger partial charge in [-0.25, -0.2) is 4.98 Å². The van der Waals surface area contributed by atoms with Gasteiger partial charge in [0.2, 0.25) is 5.91 Å². The van der Waals surface area contributed by atoms with Crippen molar-refractivity contribution in [2.24, 2.45) is 5.41 Å². The highest BCUT2D eigenvalue weighted by Gasteiger charge is 2.38. The molecule has 1 saturated heterocycles. The van der Waals surface area contributed by atoms with Gasteiger partial charge in [0.1, 0.15) is 5.82 Å².